The fourth-order valence-corrected chi connectivity index (χ4v) is 3.25. The van der Waals surface area contributed by atoms with Crippen LogP contribution in [0.2, 0.25) is 0 Å². The maximum atomic E-state index is 12.6. The first-order chi connectivity index (χ1) is 11.6. The summed E-state index contributed by atoms with van der Waals surface area (Å²) in [5.41, 5.74) is 1.31. The van der Waals surface area contributed by atoms with Crippen molar-refractivity contribution in [1.82, 2.24) is 4.57 Å². The van der Waals surface area contributed by atoms with E-state index in [4.69, 9.17) is 0 Å². The van der Waals surface area contributed by atoms with Crippen LogP contribution in [0.25, 0.3) is 0 Å². The maximum absolute atomic E-state index is 12.6. The lowest BCUT2D eigenvalue weighted by Crippen LogP contribution is -2.28. The minimum absolute atomic E-state index is 0.0472. The van der Waals surface area contributed by atoms with Gasteiger partial charge in [-0.15, -0.1) is 0 Å². The van der Waals surface area contributed by atoms with Gasteiger partial charge >= 0.3 is 0 Å². The Bertz CT molecular complexity index is 870. The van der Waals surface area contributed by atoms with Crippen LogP contribution in [-0.4, -0.2) is 15.9 Å². The molecule has 1 N–H and O–H groups in total. The Labute approximate surface area is 140 Å². The van der Waals surface area contributed by atoms with E-state index in [1.807, 2.05) is 36.4 Å². The maximum Gasteiger partial charge on any atom is 0.271 e. The van der Waals surface area contributed by atoms with Gasteiger partial charge in [0, 0.05) is 12.3 Å². The van der Waals surface area contributed by atoms with Crippen LogP contribution in [0.15, 0.2) is 40.1 Å². The van der Waals surface area contributed by atoms with Crippen LogP contribution in [0, 0.1) is 18.3 Å². The number of rotatable bonds is 3. The van der Waals surface area contributed by atoms with Crippen molar-refractivity contribution in [2.45, 2.75) is 38.6 Å². The minimum Gasteiger partial charge on any atom is -0.494 e. The highest BCUT2D eigenvalue weighted by Crippen LogP contribution is 2.33. The quantitative estimate of drug-likeness (QED) is 0.877. The number of para-hydroxylation sites is 1. The van der Waals surface area contributed by atoms with Gasteiger partial charge in [-0.25, -0.2) is 0 Å². The van der Waals surface area contributed by atoms with E-state index in [1.54, 1.807) is 6.92 Å². The SMILES string of the molecule is Cc1c(C=Nc2ccccc2)c(O)n(C2CCCC2)c(=O)c1C#N. The van der Waals surface area contributed by atoms with Crippen molar-refractivity contribution in [3.8, 4) is 11.9 Å². The van der Waals surface area contributed by atoms with Gasteiger partial charge in [-0.3, -0.25) is 14.4 Å². The lowest BCUT2D eigenvalue weighted by molar-refractivity contribution is 0.368. The summed E-state index contributed by atoms with van der Waals surface area (Å²) in [6.45, 7) is 1.67. The molecule has 1 fully saturated rings. The van der Waals surface area contributed by atoms with Crippen molar-refractivity contribution in [3.63, 3.8) is 0 Å². The number of benzene rings is 1. The Hall–Kier alpha value is -2.87. The molecule has 0 saturated heterocycles. The lowest BCUT2D eigenvalue weighted by atomic mass is 10.0. The van der Waals surface area contributed by atoms with Crippen molar-refractivity contribution in [1.29, 1.82) is 5.26 Å². The van der Waals surface area contributed by atoms with E-state index in [0.29, 0.717) is 11.1 Å². The molecule has 1 aliphatic carbocycles. The molecule has 0 unspecified atom stereocenters. The summed E-state index contributed by atoms with van der Waals surface area (Å²) in [6.07, 6.45) is 5.28. The summed E-state index contributed by atoms with van der Waals surface area (Å²) in [7, 11) is 0. The molecule has 24 heavy (non-hydrogen) atoms. The third kappa shape index (κ3) is 2.83. The van der Waals surface area contributed by atoms with E-state index in [0.717, 1.165) is 31.4 Å². The first-order valence-electron chi connectivity index (χ1n) is 8.10. The van der Waals surface area contributed by atoms with Gasteiger partial charge in [-0.2, -0.15) is 5.26 Å². The molecule has 1 aromatic carbocycles. The van der Waals surface area contributed by atoms with Crippen LogP contribution in [0.1, 0.15) is 48.4 Å². The molecule has 1 heterocycles. The highest BCUT2D eigenvalue weighted by atomic mass is 16.3. The van der Waals surface area contributed by atoms with Crippen molar-refractivity contribution in [2.24, 2.45) is 4.99 Å². The molecule has 5 nitrogen and oxygen atoms in total. The smallest absolute Gasteiger partial charge is 0.271 e. The fourth-order valence-electron chi connectivity index (χ4n) is 3.25. The molecule has 5 heteroatoms. The lowest BCUT2D eigenvalue weighted by Gasteiger charge is -2.19. The van der Waals surface area contributed by atoms with Crippen LogP contribution in [0.5, 0.6) is 5.88 Å². The topological polar surface area (TPSA) is 78.4 Å². The first-order valence-corrected chi connectivity index (χ1v) is 8.10. The van der Waals surface area contributed by atoms with E-state index < -0.39 is 5.56 Å². The van der Waals surface area contributed by atoms with E-state index >= 15 is 0 Å². The zero-order valence-electron chi connectivity index (χ0n) is 13.6. The molecule has 1 aromatic heterocycles. The van der Waals surface area contributed by atoms with Crippen molar-refractivity contribution in [2.75, 3.05) is 0 Å². The van der Waals surface area contributed by atoms with Crippen molar-refractivity contribution in [3.05, 3.63) is 57.4 Å². The molecule has 3 rings (SSSR count). The normalized spacial score (nSPS) is 15.0. The van der Waals surface area contributed by atoms with Gasteiger partial charge in [0.25, 0.3) is 5.56 Å². The Morgan fingerprint density at radius 2 is 1.96 bits per heavy atom. The number of aromatic hydroxyl groups is 1. The van der Waals surface area contributed by atoms with E-state index in [-0.39, 0.29) is 17.5 Å². The monoisotopic (exact) mass is 321 g/mol. The van der Waals surface area contributed by atoms with Gasteiger partial charge in [0.05, 0.1) is 11.3 Å². The molecule has 0 radical (unpaired) electrons. The minimum atomic E-state index is -0.406. The van der Waals surface area contributed by atoms with Gasteiger partial charge in [-0.1, -0.05) is 31.0 Å². The average molecular weight is 321 g/mol. The van der Waals surface area contributed by atoms with Crippen LogP contribution >= 0.6 is 0 Å². The average Bonchev–Trinajstić information content (AvgIpc) is 3.10. The van der Waals surface area contributed by atoms with Crippen LogP contribution in [0.4, 0.5) is 5.69 Å². The third-order valence-electron chi connectivity index (χ3n) is 4.58. The summed E-state index contributed by atoms with van der Waals surface area (Å²) >= 11 is 0. The van der Waals surface area contributed by atoms with Crippen molar-refractivity contribution < 1.29 is 5.11 Å². The molecule has 0 amide bonds. The van der Waals surface area contributed by atoms with Gasteiger partial charge in [0.1, 0.15) is 11.6 Å². The van der Waals surface area contributed by atoms with E-state index in [1.165, 1.54) is 10.8 Å². The predicted molar refractivity (Wildman–Crippen MR) is 93.0 cm³/mol. The Kier molecular flexibility index (Phi) is 4.48. The molecule has 122 valence electrons. The largest absolute Gasteiger partial charge is 0.494 e. The van der Waals surface area contributed by atoms with Gasteiger partial charge in [0.15, 0.2) is 0 Å². The van der Waals surface area contributed by atoms with Crippen LogP contribution in [0.3, 0.4) is 0 Å². The number of aliphatic imine (C=N–C) groups is 1. The molecular formula is C19H19N3O2. The molecule has 0 aliphatic heterocycles. The highest BCUT2D eigenvalue weighted by molar-refractivity contribution is 5.87. The van der Waals surface area contributed by atoms with Crippen LogP contribution < -0.4 is 5.56 Å². The summed E-state index contributed by atoms with van der Waals surface area (Å²) in [4.78, 5) is 17.0. The molecule has 0 bridgehead atoms. The highest BCUT2D eigenvalue weighted by Gasteiger charge is 2.25. The number of nitrogens with zero attached hydrogens (tertiary/aromatic N) is 3. The second kappa shape index (κ2) is 6.71. The molecular weight excluding hydrogens is 302 g/mol. The Morgan fingerprint density at radius 3 is 2.58 bits per heavy atom. The second-order valence-corrected chi connectivity index (χ2v) is 6.06. The first kappa shape index (κ1) is 16.0. The second-order valence-electron chi connectivity index (χ2n) is 6.06. The predicted octanol–water partition coefficient (Wildman–Crippen LogP) is 3.60. The number of nitriles is 1. The number of hydrogen-bond acceptors (Lipinski definition) is 4. The summed E-state index contributed by atoms with van der Waals surface area (Å²) in [6, 6.07) is 11.3. The zero-order chi connectivity index (χ0) is 17.1. The molecule has 1 aliphatic rings. The van der Waals surface area contributed by atoms with Gasteiger partial charge < -0.3 is 5.11 Å². The van der Waals surface area contributed by atoms with Crippen molar-refractivity contribution >= 4 is 11.9 Å². The van der Waals surface area contributed by atoms with Crippen LogP contribution in [-0.2, 0) is 0 Å². The fraction of sp³-hybridized carbons (Fsp3) is 0.316. The molecule has 0 atom stereocenters. The third-order valence-corrected chi connectivity index (χ3v) is 4.58. The van der Waals surface area contributed by atoms with Gasteiger partial charge in [0.2, 0.25) is 5.88 Å². The standard InChI is InChI=1S/C19H19N3O2/c1-13-16(11-20)18(23)22(15-9-5-6-10-15)19(24)17(13)12-21-14-7-3-2-4-8-14/h2-4,7-8,12,15,24H,5-6,9-10H2,1H3. The Balaban J connectivity index is 2.15. The summed E-state index contributed by atoms with van der Waals surface area (Å²) in [5, 5.41) is 20.0. The van der Waals surface area contributed by atoms with E-state index in [9.17, 15) is 15.2 Å². The summed E-state index contributed by atoms with van der Waals surface area (Å²) in [5.74, 6) is -0.0944. The number of hydrogen-bond donors (Lipinski definition) is 1. The molecule has 2 aromatic rings. The van der Waals surface area contributed by atoms with E-state index in [2.05, 4.69) is 4.99 Å². The molecule has 1 saturated carbocycles. The molecule has 0 spiro atoms. The summed E-state index contributed by atoms with van der Waals surface area (Å²) < 4.78 is 1.38. The van der Waals surface area contributed by atoms with Gasteiger partial charge in [-0.05, 0) is 37.5 Å². The Morgan fingerprint density at radius 1 is 1.29 bits per heavy atom. The number of pyridine rings is 1. The zero-order valence-corrected chi connectivity index (χ0v) is 13.6. The number of aromatic nitrogens is 1.